The van der Waals surface area contributed by atoms with E-state index in [4.69, 9.17) is 24.7 Å². The first-order valence-corrected chi connectivity index (χ1v) is 19.3. The van der Waals surface area contributed by atoms with Gasteiger partial charge in [-0.05, 0) is 65.0 Å². The van der Waals surface area contributed by atoms with Gasteiger partial charge in [-0.1, -0.05) is 43.3 Å². The zero-order valence-corrected chi connectivity index (χ0v) is 34.4. The van der Waals surface area contributed by atoms with Crippen molar-refractivity contribution in [3.63, 3.8) is 0 Å². The zero-order valence-electron chi connectivity index (χ0n) is 34.4. The van der Waals surface area contributed by atoms with E-state index in [0.29, 0.717) is 41.4 Å². The predicted molar refractivity (Wildman–Crippen MR) is 230 cm³/mol. The van der Waals surface area contributed by atoms with Gasteiger partial charge in [0.05, 0.1) is 61.2 Å². The maximum atomic E-state index is 12.4. The topological polar surface area (TPSA) is 283 Å². The first kappa shape index (κ1) is 45.4. The highest BCUT2D eigenvalue weighted by Crippen LogP contribution is 2.44. The van der Waals surface area contributed by atoms with Crippen LogP contribution in [0.1, 0.15) is 87.2 Å². The minimum absolute atomic E-state index is 0.0230. The van der Waals surface area contributed by atoms with Crippen LogP contribution in [0.5, 0.6) is 23.0 Å². The third kappa shape index (κ3) is 9.55. The zero-order chi connectivity index (χ0) is 44.9. The van der Waals surface area contributed by atoms with Crippen molar-refractivity contribution >= 4 is 34.1 Å². The summed E-state index contributed by atoms with van der Waals surface area (Å²) in [6.07, 6.45) is -2.42. The lowest BCUT2D eigenvalue weighted by atomic mass is 9.79. The molecule has 6 aromatic rings. The molecule has 324 valence electrons. The van der Waals surface area contributed by atoms with Crippen LogP contribution in [0.4, 0.5) is 34.1 Å². The number of para-hydroxylation sites is 3. The largest absolute Gasteiger partial charge is 0.505 e. The van der Waals surface area contributed by atoms with Gasteiger partial charge in [-0.3, -0.25) is 19.2 Å². The highest BCUT2D eigenvalue weighted by molar-refractivity contribution is 5.81. The molecule has 0 amide bonds. The Kier molecular flexibility index (Phi) is 13.9. The number of anilines is 6. The summed E-state index contributed by atoms with van der Waals surface area (Å²) in [6.45, 7) is 11.4. The fourth-order valence-corrected chi connectivity index (χ4v) is 6.53. The van der Waals surface area contributed by atoms with Gasteiger partial charge in [0, 0.05) is 22.1 Å². The Morgan fingerprint density at radius 1 is 0.689 bits per heavy atom. The lowest BCUT2D eigenvalue weighted by Crippen LogP contribution is -2.49. The number of benzene rings is 3. The number of hydrogen-bond acceptors (Lipinski definition) is 17. The van der Waals surface area contributed by atoms with Crippen molar-refractivity contribution in [2.75, 3.05) is 41.5 Å². The molecule has 4 unspecified atom stereocenters. The summed E-state index contributed by atoms with van der Waals surface area (Å²) >= 11 is 0. The van der Waals surface area contributed by atoms with Crippen molar-refractivity contribution in [2.45, 2.75) is 65.9 Å². The summed E-state index contributed by atoms with van der Waals surface area (Å²) in [5.74, 6) is 0.990. The number of aryl methyl sites for hydroxylation is 1. The van der Waals surface area contributed by atoms with Gasteiger partial charge in [0.25, 0.3) is 21.7 Å². The first-order valence-electron chi connectivity index (χ1n) is 19.3. The van der Waals surface area contributed by atoms with E-state index in [1.165, 1.54) is 19.9 Å². The second kappa shape index (κ2) is 18.7. The Morgan fingerprint density at radius 3 is 1.61 bits per heavy atom. The van der Waals surface area contributed by atoms with Crippen LogP contribution in [0.3, 0.4) is 0 Å². The molecule has 1 fully saturated rings. The molecule has 1 aromatic heterocycles. The average Bonchev–Trinajstić information content (AvgIpc) is 3.65. The Bertz CT molecular complexity index is 2630. The highest BCUT2D eigenvalue weighted by atomic mass is 16.5. The molecule has 1 saturated heterocycles. The maximum Gasteiger partial charge on any atom is 0.272 e. The first-order chi connectivity index (χ1) is 28.8. The second-order valence-electron chi connectivity index (χ2n) is 14.9. The summed E-state index contributed by atoms with van der Waals surface area (Å²) in [5.41, 5.74) is 4.49. The van der Waals surface area contributed by atoms with E-state index >= 15 is 0 Å². The van der Waals surface area contributed by atoms with Crippen LogP contribution < -0.4 is 48.1 Å². The monoisotopic (exact) mass is 842 g/mol. The van der Waals surface area contributed by atoms with E-state index in [-0.39, 0.29) is 69.5 Å². The molecule has 1 aliphatic heterocycles. The van der Waals surface area contributed by atoms with E-state index in [1.807, 2.05) is 26.0 Å². The third-order valence-electron chi connectivity index (χ3n) is 10.1. The van der Waals surface area contributed by atoms with Gasteiger partial charge in [0.15, 0.2) is 5.75 Å². The fraction of sp³-hybridized carbons (Fsp3) is 0.318. The van der Waals surface area contributed by atoms with Gasteiger partial charge < -0.3 is 66.2 Å². The molecule has 17 nitrogen and oxygen atoms in total. The van der Waals surface area contributed by atoms with Crippen molar-refractivity contribution in [3.05, 3.63) is 136 Å². The van der Waals surface area contributed by atoms with Crippen molar-refractivity contribution in [2.24, 2.45) is 5.41 Å². The molecule has 0 bridgehead atoms. The molecule has 17 heteroatoms. The van der Waals surface area contributed by atoms with Crippen LogP contribution in [0.15, 0.2) is 90.3 Å². The van der Waals surface area contributed by atoms with E-state index in [2.05, 4.69) is 16.0 Å². The molecular weight excluding hydrogens is 792 g/mol. The molecule has 7 rings (SSSR count). The Hall–Kier alpha value is -6.66. The van der Waals surface area contributed by atoms with Crippen molar-refractivity contribution in [1.29, 1.82) is 0 Å². The molecule has 0 spiro atoms. The quantitative estimate of drug-likeness (QED) is 0.0412. The summed E-state index contributed by atoms with van der Waals surface area (Å²) in [4.78, 5) is 47.5. The number of nitrogen functional groups attached to an aromatic ring is 1. The van der Waals surface area contributed by atoms with Crippen molar-refractivity contribution in [3.8, 4) is 23.0 Å². The number of aliphatic hydroxyl groups is 3. The van der Waals surface area contributed by atoms with Gasteiger partial charge in [-0.25, -0.2) is 0 Å². The number of phenols is 3. The third-order valence-corrected chi connectivity index (χ3v) is 10.1. The molecule has 0 saturated carbocycles. The van der Waals surface area contributed by atoms with E-state index < -0.39 is 40.0 Å². The number of hydrogen-bond donors (Lipinski definition) is 10. The maximum absolute atomic E-state index is 12.4. The second-order valence-corrected chi connectivity index (χ2v) is 14.9. The Balaban J connectivity index is 0.000000195. The van der Waals surface area contributed by atoms with Gasteiger partial charge in [0.1, 0.15) is 45.8 Å². The van der Waals surface area contributed by atoms with Crippen LogP contribution in [0, 0.1) is 12.3 Å². The average molecular weight is 843 g/mol. The van der Waals surface area contributed by atoms with Gasteiger partial charge in [-0.15, -0.1) is 0 Å². The molecule has 11 N–H and O–H groups in total. The standard InChI is InChI=1S/C22H24N2O6.C14H15NO5.C8H11NO2/c1-11-7-8-15(30-11)21(22(3)9-29-10-22)24-17-16(19(27)20(17)28)23-14-6-4-5-13(12(2)25)18(14)26;1-3-20-14-10(12(18)13(14)19)15-9-6-4-5-8(7(2)16)11(9)17;1-5(10)6-3-2-4-7(9)8(6)11/h4-8,12,21,23-26H,9-10H2,1-3H3;4-7,15-17H,3H2,1-2H3;2-5,10-11H,9H2,1H3. The SMILES string of the molecule is CC(O)c1cccc(N)c1O.CCOc1c(Nc2cccc(C(C)O)c2O)c(=O)c1=O.Cc1ccc(C(Nc2c(Nc3cccc(C(C)O)c3O)c(=O)c2=O)C2(C)COC2)o1. The Labute approximate surface area is 349 Å². The summed E-state index contributed by atoms with van der Waals surface area (Å²) < 4.78 is 16.2. The Morgan fingerprint density at radius 2 is 1.16 bits per heavy atom. The van der Waals surface area contributed by atoms with Gasteiger partial charge in [0.2, 0.25) is 0 Å². The van der Waals surface area contributed by atoms with Crippen LogP contribution >= 0.6 is 0 Å². The van der Waals surface area contributed by atoms with Crippen molar-refractivity contribution < 1.29 is 44.5 Å². The number of furan rings is 1. The molecule has 5 aromatic carbocycles. The molecule has 1 aliphatic rings. The molecular formula is C44H50N4O13. The normalized spacial score (nSPS) is 14.9. The smallest absolute Gasteiger partial charge is 0.272 e. The molecule has 2 heterocycles. The lowest BCUT2D eigenvalue weighted by molar-refractivity contribution is -0.115. The predicted octanol–water partition coefficient (Wildman–Crippen LogP) is 5.09. The lowest BCUT2D eigenvalue weighted by Gasteiger charge is -2.44. The number of phenolic OH excluding ortho intramolecular Hbond substituents is 3. The fourth-order valence-electron chi connectivity index (χ4n) is 6.53. The van der Waals surface area contributed by atoms with E-state index in [1.54, 1.807) is 62.4 Å². The van der Waals surface area contributed by atoms with Crippen LogP contribution in [0.25, 0.3) is 0 Å². The van der Waals surface area contributed by atoms with Gasteiger partial charge in [-0.2, -0.15) is 0 Å². The number of nitrogens with one attached hydrogen (secondary N) is 3. The number of aliphatic hydroxyl groups excluding tert-OH is 3. The number of rotatable bonds is 13. The van der Waals surface area contributed by atoms with Crippen molar-refractivity contribution in [1.82, 2.24) is 0 Å². The summed E-state index contributed by atoms with van der Waals surface area (Å²) in [5, 5.41) is 66.8. The molecule has 0 aliphatic carbocycles. The number of ether oxygens (including phenoxy) is 2. The van der Waals surface area contributed by atoms with Crippen LogP contribution in [-0.4, -0.2) is 50.5 Å². The number of aromatic hydroxyl groups is 3. The molecule has 4 atom stereocenters. The summed E-state index contributed by atoms with van der Waals surface area (Å²) in [7, 11) is 0. The van der Waals surface area contributed by atoms with Gasteiger partial charge >= 0.3 is 0 Å². The minimum atomic E-state index is -0.887. The summed E-state index contributed by atoms with van der Waals surface area (Å²) in [6, 6.07) is 17.7. The van der Waals surface area contributed by atoms with Crippen LogP contribution in [0.2, 0.25) is 0 Å². The number of nitrogens with two attached hydrogens (primary N) is 1. The molecule has 61 heavy (non-hydrogen) atoms. The van der Waals surface area contributed by atoms with Crippen LogP contribution in [-0.2, 0) is 4.74 Å². The minimum Gasteiger partial charge on any atom is -0.505 e. The highest BCUT2D eigenvalue weighted by Gasteiger charge is 2.45. The van der Waals surface area contributed by atoms with E-state index in [0.717, 1.165) is 5.76 Å². The molecule has 0 radical (unpaired) electrons. The van der Waals surface area contributed by atoms with E-state index in [9.17, 15) is 44.7 Å².